The summed E-state index contributed by atoms with van der Waals surface area (Å²) in [6.45, 7) is 0.923. The summed E-state index contributed by atoms with van der Waals surface area (Å²) in [4.78, 5) is 12.3. The third-order valence-corrected chi connectivity index (χ3v) is 3.61. The van der Waals surface area contributed by atoms with Gasteiger partial charge in [0.05, 0.1) is 23.4 Å². The van der Waals surface area contributed by atoms with Crippen LogP contribution in [0.15, 0.2) is 24.4 Å². The lowest BCUT2D eigenvalue weighted by Gasteiger charge is -2.15. The predicted octanol–water partition coefficient (Wildman–Crippen LogP) is 2.03. The fourth-order valence-electron chi connectivity index (χ4n) is 2.55. The smallest absolute Gasteiger partial charge is 0.241 e. The first-order valence-electron chi connectivity index (χ1n) is 6.81. The summed E-state index contributed by atoms with van der Waals surface area (Å²) in [7, 11) is 0. The van der Waals surface area contributed by atoms with Crippen molar-refractivity contribution in [3.05, 3.63) is 24.4 Å². The Bertz CT molecular complexity index is 570. The number of nitrogens with zero attached hydrogens (tertiary/aromatic N) is 1. The number of aromatic amines is 1. The van der Waals surface area contributed by atoms with E-state index < -0.39 is 0 Å². The molecule has 1 fully saturated rings. The molecule has 2 aromatic rings. The van der Waals surface area contributed by atoms with Crippen LogP contribution in [-0.2, 0) is 4.79 Å². The minimum Gasteiger partial charge on any atom is -0.323 e. The molecular formula is C14H18N4O. The summed E-state index contributed by atoms with van der Waals surface area (Å²) in [5.74, 6) is 0.0454. The molecule has 0 bridgehead atoms. The Morgan fingerprint density at radius 1 is 1.32 bits per heavy atom. The minimum atomic E-state index is -0.0827. The number of carbonyl (C=O) groups is 1. The van der Waals surface area contributed by atoms with Gasteiger partial charge in [-0.1, -0.05) is 25.0 Å². The number of carbonyl (C=O) groups excluding carboxylic acids is 1. The van der Waals surface area contributed by atoms with Gasteiger partial charge in [-0.05, 0) is 25.5 Å². The molecule has 3 N–H and O–H groups in total. The van der Waals surface area contributed by atoms with Crippen LogP contribution < -0.4 is 10.6 Å². The summed E-state index contributed by atoms with van der Waals surface area (Å²) >= 11 is 0. The molecule has 1 aromatic heterocycles. The van der Waals surface area contributed by atoms with E-state index in [1.54, 1.807) is 6.20 Å². The molecule has 5 nitrogen and oxygen atoms in total. The Morgan fingerprint density at radius 2 is 2.26 bits per heavy atom. The van der Waals surface area contributed by atoms with Crippen LogP contribution in [0.1, 0.15) is 25.7 Å². The van der Waals surface area contributed by atoms with E-state index in [0.717, 1.165) is 42.4 Å². The van der Waals surface area contributed by atoms with E-state index in [-0.39, 0.29) is 11.9 Å². The number of anilines is 1. The number of nitrogens with one attached hydrogen (secondary N) is 3. The van der Waals surface area contributed by atoms with Gasteiger partial charge >= 0.3 is 0 Å². The molecule has 100 valence electrons. The highest BCUT2D eigenvalue weighted by Crippen LogP contribution is 2.21. The zero-order valence-electron chi connectivity index (χ0n) is 10.8. The molecule has 1 aromatic carbocycles. The number of H-pyrrole nitrogens is 1. The van der Waals surface area contributed by atoms with E-state index in [1.807, 2.05) is 18.2 Å². The van der Waals surface area contributed by atoms with Gasteiger partial charge in [-0.2, -0.15) is 5.10 Å². The number of hydrogen-bond donors (Lipinski definition) is 3. The van der Waals surface area contributed by atoms with Gasteiger partial charge in [0.15, 0.2) is 0 Å². The second-order valence-corrected chi connectivity index (χ2v) is 4.99. The maximum atomic E-state index is 12.3. The third-order valence-electron chi connectivity index (χ3n) is 3.61. The number of fused-ring (bicyclic) bond motifs is 1. The van der Waals surface area contributed by atoms with Crippen LogP contribution in [0.4, 0.5) is 5.69 Å². The average Bonchev–Trinajstić information content (AvgIpc) is 2.73. The molecule has 0 radical (unpaired) electrons. The van der Waals surface area contributed by atoms with Gasteiger partial charge in [0.25, 0.3) is 0 Å². The van der Waals surface area contributed by atoms with Gasteiger partial charge in [-0.25, -0.2) is 0 Å². The molecule has 1 aliphatic rings. The SMILES string of the molecule is O=C(Nc1cccc2cn[nH]c12)C1CCCCCN1. The van der Waals surface area contributed by atoms with Gasteiger partial charge in [-0.15, -0.1) is 0 Å². The second-order valence-electron chi connectivity index (χ2n) is 4.99. The van der Waals surface area contributed by atoms with Gasteiger partial charge in [0, 0.05) is 5.39 Å². The van der Waals surface area contributed by atoms with Crippen LogP contribution >= 0.6 is 0 Å². The molecule has 0 aliphatic carbocycles. The maximum absolute atomic E-state index is 12.3. The maximum Gasteiger partial charge on any atom is 0.241 e. The Morgan fingerprint density at radius 3 is 3.21 bits per heavy atom. The van der Waals surface area contributed by atoms with Gasteiger partial charge in [-0.3, -0.25) is 9.89 Å². The molecule has 1 saturated heterocycles. The average molecular weight is 258 g/mol. The number of hydrogen-bond acceptors (Lipinski definition) is 3. The van der Waals surface area contributed by atoms with Crippen LogP contribution in [0.25, 0.3) is 10.9 Å². The van der Waals surface area contributed by atoms with E-state index in [1.165, 1.54) is 6.42 Å². The number of benzene rings is 1. The molecule has 1 aliphatic heterocycles. The van der Waals surface area contributed by atoms with E-state index in [4.69, 9.17) is 0 Å². The van der Waals surface area contributed by atoms with Crippen molar-refractivity contribution in [1.82, 2.24) is 15.5 Å². The molecule has 2 heterocycles. The van der Waals surface area contributed by atoms with E-state index in [0.29, 0.717) is 0 Å². The normalized spacial score (nSPS) is 20.1. The fourth-order valence-corrected chi connectivity index (χ4v) is 2.55. The highest BCUT2D eigenvalue weighted by molar-refractivity contribution is 6.02. The lowest BCUT2D eigenvalue weighted by Crippen LogP contribution is -2.39. The Balaban J connectivity index is 1.76. The van der Waals surface area contributed by atoms with Crippen LogP contribution in [0.5, 0.6) is 0 Å². The Kier molecular flexibility index (Phi) is 3.46. The summed E-state index contributed by atoms with van der Waals surface area (Å²) in [6, 6.07) is 5.71. The fraction of sp³-hybridized carbons (Fsp3) is 0.429. The molecule has 19 heavy (non-hydrogen) atoms. The van der Waals surface area contributed by atoms with Gasteiger partial charge in [0.1, 0.15) is 0 Å². The second kappa shape index (κ2) is 5.40. The van der Waals surface area contributed by atoms with Crippen molar-refractivity contribution >= 4 is 22.5 Å². The van der Waals surface area contributed by atoms with Crippen molar-refractivity contribution < 1.29 is 4.79 Å². The number of amides is 1. The number of aromatic nitrogens is 2. The summed E-state index contributed by atoms with van der Waals surface area (Å²) in [6.07, 6.45) is 6.13. The Hall–Kier alpha value is -1.88. The molecule has 1 unspecified atom stereocenters. The van der Waals surface area contributed by atoms with Gasteiger partial charge in [0.2, 0.25) is 5.91 Å². The highest BCUT2D eigenvalue weighted by Gasteiger charge is 2.20. The molecule has 3 rings (SSSR count). The first-order valence-corrected chi connectivity index (χ1v) is 6.81. The molecule has 0 saturated carbocycles. The standard InChI is InChI=1S/C14H18N4O/c19-14(12-6-2-1-3-8-15-12)17-11-7-4-5-10-9-16-18-13(10)11/h4-5,7,9,12,15H,1-3,6,8H2,(H,16,18)(H,17,19). The van der Waals surface area contributed by atoms with Crippen molar-refractivity contribution in [1.29, 1.82) is 0 Å². The molecule has 1 amide bonds. The van der Waals surface area contributed by atoms with Crippen molar-refractivity contribution in [2.45, 2.75) is 31.7 Å². The number of rotatable bonds is 2. The summed E-state index contributed by atoms with van der Waals surface area (Å²) in [5, 5.41) is 14.2. The molecule has 1 atom stereocenters. The van der Waals surface area contributed by atoms with Crippen molar-refractivity contribution in [3.8, 4) is 0 Å². The zero-order chi connectivity index (χ0) is 13.1. The lowest BCUT2D eigenvalue weighted by molar-refractivity contribution is -0.118. The first kappa shape index (κ1) is 12.2. The minimum absolute atomic E-state index is 0.0454. The zero-order valence-corrected chi connectivity index (χ0v) is 10.8. The van der Waals surface area contributed by atoms with Crippen LogP contribution in [0.3, 0.4) is 0 Å². The molecular weight excluding hydrogens is 240 g/mol. The van der Waals surface area contributed by atoms with Crippen molar-refractivity contribution in [3.63, 3.8) is 0 Å². The predicted molar refractivity (Wildman–Crippen MR) is 75.0 cm³/mol. The quantitative estimate of drug-likeness (QED) is 0.772. The molecule has 5 heteroatoms. The largest absolute Gasteiger partial charge is 0.323 e. The van der Waals surface area contributed by atoms with Crippen LogP contribution in [0.2, 0.25) is 0 Å². The van der Waals surface area contributed by atoms with Crippen LogP contribution in [0, 0.1) is 0 Å². The third kappa shape index (κ3) is 2.61. The summed E-state index contributed by atoms with van der Waals surface area (Å²) in [5.41, 5.74) is 1.68. The topological polar surface area (TPSA) is 69.8 Å². The number of para-hydroxylation sites is 1. The van der Waals surface area contributed by atoms with Crippen molar-refractivity contribution in [2.75, 3.05) is 11.9 Å². The van der Waals surface area contributed by atoms with E-state index >= 15 is 0 Å². The van der Waals surface area contributed by atoms with E-state index in [9.17, 15) is 4.79 Å². The monoisotopic (exact) mass is 258 g/mol. The van der Waals surface area contributed by atoms with E-state index in [2.05, 4.69) is 20.8 Å². The first-order chi connectivity index (χ1) is 9.34. The highest BCUT2D eigenvalue weighted by atomic mass is 16.2. The summed E-state index contributed by atoms with van der Waals surface area (Å²) < 4.78 is 0. The Labute approximate surface area is 111 Å². The van der Waals surface area contributed by atoms with Crippen LogP contribution in [-0.4, -0.2) is 28.7 Å². The van der Waals surface area contributed by atoms with Gasteiger partial charge < -0.3 is 10.6 Å². The van der Waals surface area contributed by atoms with Crippen molar-refractivity contribution in [2.24, 2.45) is 0 Å². The molecule has 0 spiro atoms. The lowest BCUT2D eigenvalue weighted by atomic mass is 10.1.